The van der Waals surface area contributed by atoms with Gasteiger partial charge in [-0.1, -0.05) is 24.3 Å². The van der Waals surface area contributed by atoms with E-state index in [2.05, 4.69) is 57.6 Å². The van der Waals surface area contributed by atoms with Crippen LogP contribution < -0.4 is 15.1 Å². The van der Waals surface area contributed by atoms with Gasteiger partial charge in [0.1, 0.15) is 0 Å². The first-order valence-electron chi connectivity index (χ1n) is 8.63. The van der Waals surface area contributed by atoms with Crippen LogP contribution in [0, 0.1) is 0 Å². The van der Waals surface area contributed by atoms with Crippen molar-refractivity contribution in [2.75, 3.05) is 42.7 Å². The number of carbonyl (C=O) groups is 1. The van der Waals surface area contributed by atoms with Gasteiger partial charge in [-0.05, 0) is 42.0 Å². The molecule has 5 heteroatoms. The van der Waals surface area contributed by atoms with Gasteiger partial charge in [0.05, 0.1) is 12.2 Å². The highest BCUT2D eigenvalue weighted by Gasteiger charge is 2.17. The number of fused-ring (bicyclic) bond motifs is 1. The lowest BCUT2D eigenvalue weighted by molar-refractivity contribution is -0.119. The molecule has 1 N–H and O–H groups in total. The molecule has 2 aromatic carbocycles. The molecule has 0 spiro atoms. The minimum atomic E-state index is 0.0680. The quantitative estimate of drug-likeness (QED) is 0.892. The van der Waals surface area contributed by atoms with Gasteiger partial charge in [-0.15, -0.1) is 11.8 Å². The highest BCUT2D eigenvalue weighted by molar-refractivity contribution is 7.99. The number of anilines is 2. The molecule has 1 heterocycles. The Hall–Kier alpha value is -2.14. The molecule has 0 saturated carbocycles. The second-order valence-electron chi connectivity index (χ2n) is 6.43. The molecule has 0 aromatic heterocycles. The smallest absolute Gasteiger partial charge is 0.239 e. The maximum Gasteiger partial charge on any atom is 0.239 e. The number of amides is 1. The zero-order valence-corrected chi connectivity index (χ0v) is 15.7. The van der Waals surface area contributed by atoms with Crippen LogP contribution in [0.2, 0.25) is 0 Å². The van der Waals surface area contributed by atoms with Crippen LogP contribution in [-0.2, 0) is 11.3 Å². The standard InChI is InChI=1S/C20H25N3OS/c1-22(2)17-10-8-16(9-11-17)14-21-20(24)15-23-12-5-13-25-19-7-4-3-6-18(19)23/h3-4,6-11H,5,12-15H2,1-2H3,(H,21,24). The van der Waals surface area contributed by atoms with Crippen molar-refractivity contribution < 1.29 is 4.79 Å². The fraction of sp³-hybridized carbons (Fsp3) is 0.350. The molecular weight excluding hydrogens is 330 g/mol. The van der Waals surface area contributed by atoms with Crippen molar-refractivity contribution in [3.05, 3.63) is 54.1 Å². The summed E-state index contributed by atoms with van der Waals surface area (Å²) in [5, 5.41) is 3.05. The maximum absolute atomic E-state index is 12.4. The minimum absolute atomic E-state index is 0.0680. The number of hydrogen-bond acceptors (Lipinski definition) is 4. The lowest BCUT2D eigenvalue weighted by Crippen LogP contribution is -2.37. The summed E-state index contributed by atoms with van der Waals surface area (Å²) >= 11 is 1.88. The second kappa shape index (κ2) is 8.30. The maximum atomic E-state index is 12.4. The van der Waals surface area contributed by atoms with Crippen molar-refractivity contribution >= 4 is 29.0 Å². The summed E-state index contributed by atoms with van der Waals surface area (Å²) in [5.41, 5.74) is 3.45. The number of nitrogens with zero attached hydrogens (tertiary/aromatic N) is 2. The van der Waals surface area contributed by atoms with Crippen LogP contribution in [0.3, 0.4) is 0 Å². The van der Waals surface area contributed by atoms with E-state index in [0.717, 1.165) is 30.0 Å². The van der Waals surface area contributed by atoms with E-state index in [4.69, 9.17) is 0 Å². The van der Waals surface area contributed by atoms with Gasteiger partial charge in [0.15, 0.2) is 0 Å². The average molecular weight is 356 g/mol. The molecule has 0 bridgehead atoms. The molecular formula is C20H25N3OS. The fourth-order valence-electron chi connectivity index (χ4n) is 2.90. The molecule has 25 heavy (non-hydrogen) atoms. The highest BCUT2D eigenvalue weighted by atomic mass is 32.2. The van der Waals surface area contributed by atoms with Crippen LogP contribution in [0.1, 0.15) is 12.0 Å². The van der Waals surface area contributed by atoms with Crippen LogP contribution in [0.25, 0.3) is 0 Å². The topological polar surface area (TPSA) is 35.6 Å². The van der Waals surface area contributed by atoms with Crippen molar-refractivity contribution in [1.82, 2.24) is 5.32 Å². The average Bonchev–Trinajstić information content (AvgIpc) is 2.83. The Morgan fingerprint density at radius 1 is 1.16 bits per heavy atom. The Morgan fingerprint density at radius 2 is 1.92 bits per heavy atom. The van der Waals surface area contributed by atoms with E-state index in [1.54, 1.807) is 0 Å². The molecule has 2 aromatic rings. The molecule has 1 aliphatic heterocycles. The molecule has 1 amide bonds. The summed E-state index contributed by atoms with van der Waals surface area (Å²) in [4.78, 5) is 17.9. The Bertz CT molecular complexity index is 715. The Balaban J connectivity index is 1.57. The molecule has 3 rings (SSSR count). The zero-order valence-electron chi connectivity index (χ0n) is 14.9. The molecule has 0 atom stereocenters. The number of nitrogens with one attached hydrogen (secondary N) is 1. The van der Waals surface area contributed by atoms with E-state index in [0.29, 0.717) is 13.1 Å². The molecule has 0 aliphatic carbocycles. The summed E-state index contributed by atoms with van der Waals surface area (Å²) in [5.74, 6) is 1.17. The Morgan fingerprint density at radius 3 is 2.68 bits per heavy atom. The molecule has 4 nitrogen and oxygen atoms in total. The number of carbonyl (C=O) groups excluding carboxylic acids is 1. The van der Waals surface area contributed by atoms with E-state index in [9.17, 15) is 4.79 Å². The molecule has 1 aliphatic rings. The molecule has 132 valence electrons. The van der Waals surface area contributed by atoms with Crippen molar-refractivity contribution in [3.63, 3.8) is 0 Å². The van der Waals surface area contributed by atoms with Gasteiger partial charge in [-0.2, -0.15) is 0 Å². The van der Waals surface area contributed by atoms with Gasteiger partial charge in [0, 0.05) is 37.8 Å². The van der Waals surface area contributed by atoms with E-state index in [1.807, 2.05) is 31.9 Å². The van der Waals surface area contributed by atoms with Crippen LogP contribution in [-0.4, -0.2) is 38.8 Å². The van der Waals surface area contributed by atoms with Crippen molar-refractivity contribution in [1.29, 1.82) is 0 Å². The summed E-state index contributed by atoms with van der Waals surface area (Å²) < 4.78 is 0. The lowest BCUT2D eigenvalue weighted by atomic mass is 10.2. The molecule has 0 radical (unpaired) electrons. The summed E-state index contributed by atoms with van der Waals surface area (Å²) in [7, 11) is 4.04. The third-order valence-corrected chi connectivity index (χ3v) is 5.46. The van der Waals surface area contributed by atoms with E-state index < -0.39 is 0 Å². The number of rotatable bonds is 5. The first-order valence-corrected chi connectivity index (χ1v) is 9.62. The predicted molar refractivity (Wildman–Crippen MR) is 107 cm³/mol. The number of para-hydroxylation sites is 1. The first-order chi connectivity index (χ1) is 12.1. The van der Waals surface area contributed by atoms with Gasteiger partial charge in [-0.3, -0.25) is 4.79 Å². The van der Waals surface area contributed by atoms with Gasteiger partial charge in [-0.25, -0.2) is 0 Å². The van der Waals surface area contributed by atoms with Crippen LogP contribution in [0.5, 0.6) is 0 Å². The number of benzene rings is 2. The predicted octanol–water partition coefficient (Wildman–Crippen LogP) is 3.37. The highest BCUT2D eigenvalue weighted by Crippen LogP contribution is 2.33. The van der Waals surface area contributed by atoms with Crippen LogP contribution in [0.15, 0.2) is 53.4 Å². The van der Waals surface area contributed by atoms with E-state index in [-0.39, 0.29) is 5.91 Å². The molecule has 0 fully saturated rings. The summed E-state index contributed by atoms with van der Waals surface area (Å²) in [6.07, 6.45) is 1.10. The number of hydrogen-bond donors (Lipinski definition) is 1. The fourth-order valence-corrected chi connectivity index (χ4v) is 3.92. The number of thioether (sulfide) groups is 1. The molecule has 0 unspecified atom stereocenters. The Labute approximate surface area is 154 Å². The first kappa shape index (κ1) is 17.7. The molecule has 0 saturated heterocycles. The van der Waals surface area contributed by atoms with Gasteiger partial charge >= 0.3 is 0 Å². The van der Waals surface area contributed by atoms with Crippen molar-refractivity contribution in [2.45, 2.75) is 17.9 Å². The third kappa shape index (κ3) is 4.69. The normalized spacial score (nSPS) is 13.8. The SMILES string of the molecule is CN(C)c1ccc(CNC(=O)CN2CCCSc3ccccc32)cc1. The monoisotopic (exact) mass is 355 g/mol. The van der Waals surface area contributed by atoms with Crippen LogP contribution in [0.4, 0.5) is 11.4 Å². The van der Waals surface area contributed by atoms with Crippen LogP contribution >= 0.6 is 11.8 Å². The third-order valence-electron chi connectivity index (χ3n) is 4.31. The van der Waals surface area contributed by atoms with Crippen molar-refractivity contribution in [3.8, 4) is 0 Å². The second-order valence-corrected chi connectivity index (χ2v) is 7.57. The summed E-state index contributed by atoms with van der Waals surface area (Å²) in [6.45, 7) is 1.90. The van der Waals surface area contributed by atoms with Gasteiger partial charge in [0.2, 0.25) is 5.91 Å². The largest absolute Gasteiger partial charge is 0.378 e. The lowest BCUT2D eigenvalue weighted by Gasteiger charge is -2.23. The van der Waals surface area contributed by atoms with Gasteiger partial charge < -0.3 is 15.1 Å². The summed E-state index contributed by atoms with van der Waals surface area (Å²) in [6, 6.07) is 16.6. The van der Waals surface area contributed by atoms with E-state index >= 15 is 0 Å². The van der Waals surface area contributed by atoms with Crippen molar-refractivity contribution in [2.24, 2.45) is 0 Å². The Kier molecular flexibility index (Phi) is 5.87. The van der Waals surface area contributed by atoms with E-state index in [1.165, 1.54) is 10.6 Å². The van der Waals surface area contributed by atoms with Gasteiger partial charge in [0.25, 0.3) is 0 Å². The zero-order chi connectivity index (χ0) is 17.6. The minimum Gasteiger partial charge on any atom is -0.378 e.